The van der Waals surface area contributed by atoms with E-state index in [9.17, 15) is 9.59 Å². The van der Waals surface area contributed by atoms with E-state index in [0.29, 0.717) is 5.69 Å². The van der Waals surface area contributed by atoms with Gasteiger partial charge in [-0.1, -0.05) is 0 Å². The zero-order valence-electron chi connectivity index (χ0n) is 15.5. The molecule has 0 aromatic heterocycles. The van der Waals surface area contributed by atoms with Crippen LogP contribution in [0, 0.1) is 0 Å². The summed E-state index contributed by atoms with van der Waals surface area (Å²) in [5.41, 5.74) is 0.700. The molecule has 134 valence electrons. The second kappa shape index (κ2) is 9.27. The Labute approximate surface area is 144 Å². The maximum Gasteiger partial charge on any atom is 0.238 e. The molecule has 0 radical (unpaired) electrons. The third kappa shape index (κ3) is 6.20. The topological polar surface area (TPSA) is 61.9 Å². The number of ether oxygens (including phenoxy) is 1. The van der Waals surface area contributed by atoms with Crippen LogP contribution in [0.1, 0.15) is 27.7 Å². The molecule has 1 aromatic rings. The third-order valence-electron chi connectivity index (χ3n) is 3.59. The smallest absolute Gasteiger partial charge is 0.238 e. The van der Waals surface area contributed by atoms with Crippen LogP contribution >= 0.6 is 0 Å². The van der Waals surface area contributed by atoms with Crippen molar-refractivity contribution in [1.29, 1.82) is 0 Å². The Morgan fingerprint density at radius 2 is 1.58 bits per heavy atom. The summed E-state index contributed by atoms with van der Waals surface area (Å²) in [5.74, 6) is 0.606. The first kappa shape index (κ1) is 20.0. The number of anilines is 1. The zero-order valence-corrected chi connectivity index (χ0v) is 15.5. The summed E-state index contributed by atoms with van der Waals surface area (Å²) >= 11 is 0. The van der Waals surface area contributed by atoms with Gasteiger partial charge in [0.05, 0.1) is 20.2 Å². The maximum atomic E-state index is 12.4. The fourth-order valence-electron chi connectivity index (χ4n) is 2.66. The molecule has 0 aliphatic rings. The second-order valence-electron chi connectivity index (χ2n) is 6.44. The van der Waals surface area contributed by atoms with Crippen molar-refractivity contribution in [1.82, 2.24) is 9.80 Å². The lowest BCUT2D eigenvalue weighted by Gasteiger charge is -2.32. The molecular formula is C18H29N3O3. The highest BCUT2D eigenvalue weighted by Gasteiger charge is 2.21. The molecule has 0 bridgehead atoms. The van der Waals surface area contributed by atoms with E-state index in [2.05, 4.69) is 5.32 Å². The number of hydrogen-bond donors (Lipinski definition) is 1. The number of amides is 2. The first-order chi connectivity index (χ1) is 11.2. The van der Waals surface area contributed by atoms with E-state index in [0.717, 1.165) is 5.75 Å². The van der Waals surface area contributed by atoms with Gasteiger partial charge in [0.1, 0.15) is 5.75 Å². The molecule has 1 rings (SSSR count). The SMILES string of the molecule is COc1ccc(NC(=O)CN(C)CC(=O)N(C(C)C)C(C)C)cc1. The molecule has 24 heavy (non-hydrogen) atoms. The highest BCUT2D eigenvalue weighted by molar-refractivity contribution is 5.92. The van der Waals surface area contributed by atoms with Gasteiger partial charge in [0.25, 0.3) is 0 Å². The zero-order chi connectivity index (χ0) is 18.3. The van der Waals surface area contributed by atoms with Crippen molar-refractivity contribution in [2.45, 2.75) is 39.8 Å². The fourth-order valence-corrected chi connectivity index (χ4v) is 2.66. The van der Waals surface area contributed by atoms with Crippen molar-refractivity contribution in [3.8, 4) is 5.75 Å². The minimum absolute atomic E-state index is 0.0275. The van der Waals surface area contributed by atoms with E-state index < -0.39 is 0 Å². The van der Waals surface area contributed by atoms with Crippen LogP contribution < -0.4 is 10.1 Å². The molecule has 0 heterocycles. The van der Waals surface area contributed by atoms with E-state index in [1.165, 1.54) is 0 Å². The molecule has 0 spiro atoms. The van der Waals surface area contributed by atoms with Crippen molar-refractivity contribution in [3.63, 3.8) is 0 Å². The van der Waals surface area contributed by atoms with Gasteiger partial charge in [-0.2, -0.15) is 0 Å². The number of hydrogen-bond acceptors (Lipinski definition) is 4. The first-order valence-electron chi connectivity index (χ1n) is 8.18. The highest BCUT2D eigenvalue weighted by atomic mass is 16.5. The average molecular weight is 335 g/mol. The van der Waals surface area contributed by atoms with Crippen molar-refractivity contribution in [2.24, 2.45) is 0 Å². The van der Waals surface area contributed by atoms with Gasteiger partial charge >= 0.3 is 0 Å². The number of likely N-dealkylation sites (N-methyl/N-ethyl adjacent to an activating group) is 1. The molecule has 0 aliphatic heterocycles. The Balaban J connectivity index is 2.52. The van der Waals surface area contributed by atoms with Crippen LogP contribution in [0.2, 0.25) is 0 Å². The summed E-state index contributed by atoms with van der Waals surface area (Å²) in [4.78, 5) is 28.0. The quantitative estimate of drug-likeness (QED) is 0.791. The van der Waals surface area contributed by atoms with Gasteiger partial charge in [0.15, 0.2) is 0 Å². The summed E-state index contributed by atoms with van der Waals surface area (Å²) in [5, 5.41) is 2.81. The largest absolute Gasteiger partial charge is 0.497 e. The fraction of sp³-hybridized carbons (Fsp3) is 0.556. The van der Waals surface area contributed by atoms with E-state index in [-0.39, 0.29) is 37.0 Å². The van der Waals surface area contributed by atoms with Crippen LogP contribution in [0.25, 0.3) is 0 Å². The van der Waals surface area contributed by atoms with Crippen molar-refractivity contribution < 1.29 is 14.3 Å². The minimum atomic E-state index is -0.156. The first-order valence-corrected chi connectivity index (χ1v) is 8.18. The molecule has 2 amide bonds. The van der Waals surface area contributed by atoms with Crippen LogP contribution in [-0.4, -0.2) is 60.9 Å². The van der Waals surface area contributed by atoms with Crippen LogP contribution in [0.15, 0.2) is 24.3 Å². The Bertz CT molecular complexity index is 533. The molecule has 1 aromatic carbocycles. The number of benzene rings is 1. The Morgan fingerprint density at radius 3 is 2.04 bits per heavy atom. The third-order valence-corrected chi connectivity index (χ3v) is 3.59. The van der Waals surface area contributed by atoms with Gasteiger partial charge in [0, 0.05) is 17.8 Å². The molecule has 6 heteroatoms. The predicted octanol–water partition coefficient (Wildman–Crippen LogP) is 2.21. The van der Waals surface area contributed by atoms with Gasteiger partial charge in [-0.15, -0.1) is 0 Å². The van der Waals surface area contributed by atoms with E-state index in [1.54, 1.807) is 43.3 Å². The normalized spacial score (nSPS) is 11.0. The summed E-state index contributed by atoms with van der Waals surface area (Å²) in [7, 11) is 3.36. The molecule has 6 nitrogen and oxygen atoms in total. The molecule has 0 atom stereocenters. The molecule has 0 unspecified atom stereocenters. The van der Waals surface area contributed by atoms with Gasteiger partial charge in [0.2, 0.25) is 11.8 Å². The number of methoxy groups -OCH3 is 1. The van der Waals surface area contributed by atoms with Gasteiger partial charge in [-0.05, 0) is 59.0 Å². The standard InChI is InChI=1S/C18H29N3O3/c1-13(2)21(14(3)4)18(23)12-20(5)11-17(22)19-15-7-9-16(24-6)10-8-15/h7-10,13-14H,11-12H2,1-6H3,(H,19,22). The molecule has 0 saturated heterocycles. The molecule has 0 saturated carbocycles. The molecule has 1 N–H and O–H groups in total. The molecular weight excluding hydrogens is 306 g/mol. The summed E-state index contributed by atoms with van der Waals surface area (Å²) in [6.07, 6.45) is 0. The summed E-state index contributed by atoms with van der Waals surface area (Å²) in [6.45, 7) is 8.35. The van der Waals surface area contributed by atoms with E-state index >= 15 is 0 Å². The molecule has 0 fully saturated rings. The second-order valence-corrected chi connectivity index (χ2v) is 6.44. The van der Waals surface area contributed by atoms with E-state index in [4.69, 9.17) is 4.74 Å². The lowest BCUT2D eigenvalue weighted by Crippen LogP contribution is -2.47. The van der Waals surface area contributed by atoms with Crippen LogP contribution in [0.5, 0.6) is 5.75 Å². The Hall–Kier alpha value is -2.08. The van der Waals surface area contributed by atoms with Crippen LogP contribution in [0.3, 0.4) is 0 Å². The predicted molar refractivity (Wildman–Crippen MR) is 96.2 cm³/mol. The van der Waals surface area contributed by atoms with Gasteiger partial charge in [-0.25, -0.2) is 0 Å². The lowest BCUT2D eigenvalue weighted by atomic mass is 10.2. The molecule has 0 aliphatic carbocycles. The maximum absolute atomic E-state index is 12.4. The van der Waals surface area contributed by atoms with Gasteiger partial charge in [-0.3, -0.25) is 14.5 Å². The number of nitrogens with zero attached hydrogens (tertiary/aromatic N) is 2. The minimum Gasteiger partial charge on any atom is -0.497 e. The number of rotatable bonds is 8. The number of carbonyl (C=O) groups is 2. The number of carbonyl (C=O) groups excluding carboxylic acids is 2. The van der Waals surface area contributed by atoms with Crippen molar-refractivity contribution in [3.05, 3.63) is 24.3 Å². The highest BCUT2D eigenvalue weighted by Crippen LogP contribution is 2.14. The van der Waals surface area contributed by atoms with Crippen molar-refractivity contribution in [2.75, 3.05) is 32.6 Å². The van der Waals surface area contributed by atoms with Crippen molar-refractivity contribution >= 4 is 17.5 Å². The van der Waals surface area contributed by atoms with Crippen LogP contribution in [-0.2, 0) is 9.59 Å². The Kier molecular flexibility index (Phi) is 7.71. The number of nitrogens with one attached hydrogen (secondary N) is 1. The Morgan fingerprint density at radius 1 is 1.04 bits per heavy atom. The van der Waals surface area contributed by atoms with Gasteiger partial charge < -0.3 is 15.0 Å². The van der Waals surface area contributed by atoms with E-state index in [1.807, 2.05) is 32.6 Å². The summed E-state index contributed by atoms with van der Waals surface area (Å²) in [6, 6.07) is 7.40. The summed E-state index contributed by atoms with van der Waals surface area (Å²) < 4.78 is 5.08. The lowest BCUT2D eigenvalue weighted by molar-refractivity contribution is -0.135. The van der Waals surface area contributed by atoms with Crippen LogP contribution in [0.4, 0.5) is 5.69 Å². The average Bonchev–Trinajstić information content (AvgIpc) is 2.46. The monoisotopic (exact) mass is 335 g/mol.